The molecule has 0 amide bonds. The number of ether oxygens (including phenoxy) is 3. The molecule has 10 atom stereocenters. The second-order valence-electron chi connectivity index (χ2n) is 16.8. The molecule has 4 fully saturated rings. The van der Waals surface area contributed by atoms with Crippen LogP contribution < -0.4 is 0 Å². The van der Waals surface area contributed by atoms with Crippen molar-refractivity contribution in [2.24, 2.45) is 50.2 Å². The molecule has 0 saturated heterocycles. The van der Waals surface area contributed by atoms with Crippen LogP contribution in [0, 0.1) is 50.2 Å². The number of fused-ring (bicyclic) bond motifs is 7. The minimum absolute atomic E-state index is 0.0101. The Morgan fingerprint density at radius 3 is 2.04 bits per heavy atom. The number of ketones is 1. The maximum atomic E-state index is 14.8. The third-order valence-corrected chi connectivity index (χ3v) is 13.7. The number of carbonyl (C=O) groups is 5. The van der Waals surface area contributed by atoms with Gasteiger partial charge in [0.15, 0.2) is 5.78 Å². The van der Waals surface area contributed by atoms with E-state index in [1.165, 1.54) is 20.8 Å². The lowest BCUT2D eigenvalue weighted by Gasteiger charge is -2.70. The van der Waals surface area contributed by atoms with E-state index in [4.69, 9.17) is 14.2 Å². The molecule has 1 N–H and O–H groups in total. The molecular formula is C36H52O9. The summed E-state index contributed by atoms with van der Waals surface area (Å²) in [7, 11) is 0. The highest BCUT2D eigenvalue weighted by Crippen LogP contribution is 2.75. The lowest BCUT2D eigenvalue weighted by Crippen LogP contribution is -2.70. The lowest BCUT2D eigenvalue weighted by atomic mass is 9.33. The van der Waals surface area contributed by atoms with Crippen LogP contribution in [-0.2, 0) is 38.2 Å². The maximum Gasteiger partial charge on any atom is 0.310 e. The van der Waals surface area contributed by atoms with E-state index >= 15 is 0 Å². The van der Waals surface area contributed by atoms with Gasteiger partial charge in [-0.05, 0) is 90.9 Å². The first kappa shape index (κ1) is 33.6. The molecule has 0 aromatic carbocycles. The Morgan fingerprint density at radius 2 is 1.47 bits per heavy atom. The predicted octanol–water partition coefficient (Wildman–Crippen LogP) is 6.07. The van der Waals surface area contributed by atoms with Gasteiger partial charge in [0, 0.05) is 32.1 Å². The van der Waals surface area contributed by atoms with E-state index in [1.807, 2.05) is 13.0 Å². The van der Waals surface area contributed by atoms with Gasteiger partial charge in [-0.1, -0.05) is 47.1 Å². The smallest absolute Gasteiger partial charge is 0.310 e. The quantitative estimate of drug-likeness (QED) is 0.285. The Bertz CT molecular complexity index is 1350. The van der Waals surface area contributed by atoms with Crippen molar-refractivity contribution in [1.29, 1.82) is 0 Å². The minimum Gasteiger partial charge on any atom is -0.481 e. The van der Waals surface area contributed by atoms with Crippen LogP contribution in [0.15, 0.2) is 11.6 Å². The number of aliphatic carboxylic acids is 1. The second-order valence-corrected chi connectivity index (χ2v) is 16.8. The van der Waals surface area contributed by atoms with E-state index in [0.717, 1.165) is 18.4 Å². The molecule has 5 aliphatic carbocycles. The molecule has 0 spiro atoms. The maximum absolute atomic E-state index is 14.8. The van der Waals surface area contributed by atoms with Crippen LogP contribution in [0.4, 0.5) is 0 Å². The number of hydrogen-bond acceptors (Lipinski definition) is 8. The van der Waals surface area contributed by atoms with Crippen LogP contribution in [0.3, 0.4) is 0 Å². The van der Waals surface area contributed by atoms with Crippen LogP contribution in [0.25, 0.3) is 0 Å². The third kappa shape index (κ3) is 4.88. The minimum atomic E-state index is -0.935. The number of allylic oxidation sites excluding steroid dienone is 2. The van der Waals surface area contributed by atoms with E-state index in [0.29, 0.717) is 38.5 Å². The van der Waals surface area contributed by atoms with E-state index in [9.17, 15) is 29.1 Å². The normalized spacial score (nSPS) is 45.0. The van der Waals surface area contributed by atoms with E-state index in [-0.39, 0.29) is 29.6 Å². The Hall–Kier alpha value is -2.71. The molecule has 0 radical (unpaired) electrons. The van der Waals surface area contributed by atoms with E-state index < -0.39 is 69.1 Å². The summed E-state index contributed by atoms with van der Waals surface area (Å²) in [6.07, 6.45) is 5.23. The standard InChI is InChI=1S/C36H52O9/c1-20(37)43-19-33(7)27-10-11-35(9)28(32(27,6)18-26(44-21(2)38)29(33)45-22(3)39)25(40)16-23-24-17-31(4,5)12-14-36(24,30(41)42)15-13-34(23,35)8/h16,24,26-29H,10-15,17-19H2,1-9H3,(H,41,42)/t24-,26+,27+,28+,29-,32-,33-,34+,35+,36-/m0/s1. The van der Waals surface area contributed by atoms with Gasteiger partial charge < -0.3 is 19.3 Å². The van der Waals surface area contributed by atoms with Gasteiger partial charge in [0.1, 0.15) is 18.8 Å². The van der Waals surface area contributed by atoms with Gasteiger partial charge in [0.2, 0.25) is 0 Å². The van der Waals surface area contributed by atoms with Crippen molar-refractivity contribution < 1.29 is 43.3 Å². The fraction of sp³-hybridized carbons (Fsp3) is 0.806. The Kier molecular flexibility index (Phi) is 7.97. The molecular weight excluding hydrogens is 576 g/mol. The summed E-state index contributed by atoms with van der Waals surface area (Å²) < 4.78 is 17.4. The third-order valence-electron chi connectivity index (χ3n) is 13.7. The van der Waals surface area contributed by atoms with Gasteiger partial charge in [-0.25, -0.2) is 0 Å². The molecule has 250 valence electrons. The molecule has 5 rings (SSSR count). The van der Waals surface area contributed by atoms with Gasteiger partial charge in [-0.2, -0.15) is 0 Å². The molecule has 0 unspecified atom stereocenters. The molecule has 0 aromatic heterocycles. The van der Waals surface area contributed by atoms with E-state index in [2.05, 4.69) is 34.6 Å². The number of hydrogen-bond donors (Lipinski definition) is 1. The monoisotopic (exact) mass is 628 g/mol. The van der Waals surface area contributed by atoms with Crippen molar-refractivity contribution in [3.05, 3.63) is 11.6 Å². The lowest BCUT2D eigenvalue weighted by molar-refractivity contribution is -0.251. The predicted molar refractivity (Wildman–Crippen MR) is 165 cm³/mol. The van der Waals surface area contributed by atoms with Crippen LogP contribution in [0.5, 0.6) is 0 Å². The Morgan fingerprint density at radius 1 is 0.844 bits per heavy atom. The summed E-state index contributed by atoms with van der Waals surface area (Å²) in [4.78, 5) is 64.7. The molecule has 9 nitrogen and oxygen atoms in total. The molecule has 0 aliphatic heterocycles. The largest absolute Gasteiger partial charge is 0.481 e. The summed E-state index contributed by atoms with van der Waals surface area (Å²) in [5.41, 5.74) is -2.43. The van der Waals surface area contributed by atoms with Gasteiger partial charge in [-0.15, -0.1) is 0 Å². The van der Waals surface area contributed by atoms with E-state index in [1.54, 1.807) is 0 Å². The SMILES string of the molecule is CC(=O)OC[C@@]1(C)[C@@H]2CC[C@]3(C)[C@H](C(=O)C=C4[C@@H]5CC(C)(C)CC[C@]5(C(=O)O)CC[C@]43C)[C@@]2(C)C[C@@H](OC(C)=O)[C@@H]1OC(C)=O. The van der Waals surface area contributed by atoms with Crippen LogP contribution >= 0.6 is 0 Å². The average molecular weight is 629 g/mol. The highest BCUT2D eigenvalue weighted by Gasteiger charge is 2.73. The first-order valence-electron chi connectivity index (χ1n) is 16.6. The molecule has 4 saturated carbocycles. The molecule has 0 bridgehead atoms. The molecule has 45 heavy (non-hydrogen) atoms. The van der Waals surface area contributed by atoms with Gasteiger partial charge >= 0.3 is 23.9 Å². The van der Waals surface area contributed by atoms with Crippen LogP contribution in [0.1, 0.15) is 114 Å². The first-order valence-corrected chi connectivity index (χ1v) is 16.6. The highest BCUT2D eigenvalue weighted by atomic mass is 16.6. The van der Waals surface area contributed by atoms with Gasteiger partial charge in [0.05, 0.1) is 5.41 Å². The zero-order valence-corrected chi connectivity index (χ0v) is 28.5. The number of carbonyl (C=O) groups excluding carboxylic acids is 4. The molecule has 5 aliphatic rings. The average Bonchev–Trinajstić information content (AvgIpc) is 2.90. The van der Waals surface area contributed by atoms with Gasteiger partial charge in [0.25, 0.3) is 0 Å². The highest BCUT2D eigenvalue weighted by molar-refractivity contribution is 5.96. The summed E-state index contributed by atoms with van der Waals surface area (Å²) >= 11 is 0. The van der Waals surface area contributed by atoms with Crippen molar-refractivity contribution in [3.63, 3.8) is 0 Å². The van der Waals surface area contributed by atoms with Crippen molar-refractivity contribution in [2.75, 3.05) is 6.61 Å². The fourth-order valence-corrected chi connectivity index (χ4v) is 11.5. The zero-order valence-electron chi connectivity index (χ0n) is 28.5. The summed E-state index contributed by atoms with van der Waals surface area (Å²) in [6.45, 7) is 16.8. The number of carboxylic acid groups (broad SMARTS) is 1. The molecule has 0 aromatic rings. The van der Waals surface area contributed by atoms with Crippen molar-refractivity contribution in [3.8, 4) is 0 Å². The second kappa shape index (κ2) is 10.7. The number of esters is 3. The molecule has 9 heteroatoms. The summed E-state index contributed by atoms with van der Waals surface area (Å²) in [5, 5.41) is 10.6. The van der Waals surface area contributed by atoms with Crippen molar-refractivity contribution >= 4 is 29.7 Å². The zero-order chi connectivity index (χ0) is 33.5. The Balaban J connectivity index is 1.66. The van der Waals surface area contributed by atoms with Crippen LogP contribution in [0.2, 0.25) is 0 Å². The first-order chi connectivity index (χ1) is 20.7. The van der Waals surface area contributed by atoms with Crippen molar-refractivity contribution in [2.45, 2.75) is 126 Å². The number of carboxylic acids is 1. The summed E-state index contributed by atoms with van der Waals surface area (Å²) in [5.74, 6) is -3.15. The molecule has 0 heterocycles. The fourth-order valence-electron chi connectivity index (χ4n) is 11.5. The Labute approximate surface area is 267 Å². The van der Waals surface area contributed by atoms with Crippen molar-refractivity contribution in [1.82, 2.24) is 0 Å². The topological polar surface area (TPSA) is 133 Å². The number of rotatable bonds is 5. The summed E-state index contributed by atoms with van der Waals surface area (Å²) in [6, 6.07) is 0. The van der Waals surface area contributed by atoms with Crippen LogP contribution in [-0.4, -0.2) is 53.6 Å². The van der Waals surface area contributed by atoms with Gasteiger partial charge in [-0.3, -0.25) is 24.0 Å².